The minimum absolute atomic E-state index is 0.317. The Kier molecular flexibility index (Phi) is 4.21. The molecular formula is C20H22N2O2S. The number of benzene rings is 1. The molecule has 0 bridgehead atoms. The van der Waals surface area contributed by atoms with Gasteiger partial charge in [0.05, 0.1) is 17.9 Å². The standard InChI is InChI=1S/C20H22N2O2S/c1-3-13-5-6-17-15(11-13)19(23)20(24)22(17)12-21-9-7-18-14(8-10-25-18)16(21)4-2/h5-6,8,10-11,16H,3-4,7,9,12H2,1-2H3/t16-/m0/s1. The fourth-order valence-corrected chi connectivity index (χ4v) is 4.91. The Morgan fingerprint density at radius 1 is 1.20 bits per heavy atom. The van der Waals surface area contributed by atoms with Gasteiger partial charge in [0.2, 0.25) is 0 Å². The highest BCUT2D eigenvalue weighted by Gasteiger charge is 2.38. The van der Waals surface area contributed by atoms with Crippen LogP contribution in [-0.4, -0.2) is 29.8 Å². The van der Waals surface area contributed by atoms with Gasteiger partial charge in [-0.15, -0.1) is 11.3 Å². The maximum Gasteiger partial charge on any atom is 0.300 e. The lowest BCUT2D eigenvalue weighted by Gasteiger charge is -2.37. The summed E-state index contributed by atoms with van der Waals surface area (Å²) in [5, 5.41) is 2.16. The summed E-state index contributed by atoms with van der Waals surface area (Å²) in [4.78, 5) is 30.5. The Balaban J connectivity index is 1.64. The van der Waals surface area contributed by atoms with Gasteiger partial charge in [-0.1, -0.05) is 19.9 Å². The average molecular weight is 354 g/mol. The number of hydrogen-bond donors (Lipinski definition) is 0. The van der Waals surface area contributed by atoms with Gasteiger partial charge in [-0.05, 0) is 54.0 Å². The molecule has 0 unspecified atom stereocenters. The first kappa shape index (κ1) is 16.5. The number of fused-ring (bicyclic) bond motifs is 2. The number of thiophene rings is 1. The third-order valence-electron chi connectivity index (χ3n) is 5.36. The molecule has 0 aliphatic carbocycles. The highest BCUT2D eigenvalue weighted by Crippen LogP contribution is 2.37. The van der Waals surface area contributed by atoms with Crippen LogP contribution in [0.2, 0.25) is 0 Å². The molecule has 2 aliphatic rings. The van der Waals surface area contributed by atoms with E-state index in [1.165, 1.54) is 10.4 Å². The topological polar surface area (TPSA) is 40.6 Å². The number of hydrogen-bond acceptors (Lipinski definition) is 4. The molecule has 1 aromatic carbocycles. The smallest absolute Gasteiger partial charge is 0.291 e. The molecule has 2 aromatic rings. The summed E-state index contributed by atoms with van der Waals surface area (Å²) in [6.45, 7) is 5.64. The number of ketones is 1. The zero-order valence-corrected chi connectivity index (χ0v) is 15.4. The number of carbonyl (C=O) groups excluding carboxylic acids is 2. The molecule has 2 aliphatic heterocycles. The fraction of sp³-hybridized carbons (Fsp3) is 0.400. The maximum absolute atomic E-state index is 12.6. The van der Waals surface area contributed by atoms with Crippen LogP contribution in [0, 0.1) is 0 Å². The Bertz CT molecular complexity index is 842. The molecule has 0 saturated carbocycles. The summed E-state index contributed by atoms with van der Waals surface area (Å²) in [5.74, 6) is -0.763. The molecule has 0 fully saturated rings. The molecule has 4 rings (SSSR count). The lowest BCUT2D eigenvalue weighted by molar-refractivity contribution is -0.114. The van der Waals surface area contributed by atoms with Gasteiger partial charge in [0.15, 0.2) is 0 Å². The Labute approximate surface area is 152 Å². The largest absolute Gasteiger partial charge is 0.300 e. The number of rotatable bonds is 4. The fourth-order valence-electron chi connectivity index (χ4n) is 3.99. The predicted octanol–water partition coefficient (Wildman–Crippen LogP) is 3.81. The van der Waals surface area contributed by atoms with E-state index < -0.39 is 5.91 Å². The zero-order valence-electron chi connectivity index (χ0n) is 14.6. The van der Waals surface area contributed by atoms with E-state index in [1.807, 2.05) is 29.5 Å². The molecule has 3 heterocycles. The van der Waals surface area contributed by atoms with Crippen molar-refractivity contribution in [2.75, 3.05) is 18.1 Å². The zero-order chi connectivity index (χ0) is 17.6. The molecule has 0 radical (unpaired) electrons. The van der Waals surface area contributed by atoms with E-state index in [2.05, 4.69) is 30.2 Å². The van der Waals surface area contributed by atoms with Crippen LogP contribution in [-0.2, 0) is 17.6 Å². The van der Waals surface area contributed by atoms with Crippen molar-refractivity contribution in [3.05, 3.63) is 51.2 Å². The van der Waals surface area contributed by atoms with Crippen molar-refractivity contribution in [3.63, 3.8) is 0 Å². The SMILES string of the molecule is CCc1ccc2c(c1)C(=O)C(=O)N2CN1CCc2sccc2[C@@H]1CC. The quantitative estimate of drug-likeness (QED) is 0.784. The Morgan fingerprint density at radius 3 is 2.80 bits per heavy atom. The van der Waals surface area contributed by atoms with E-state index in [1.54, 1.807) is 4.90 Å². The lowest BCUT2D eigenvalue weighted by atomic mass is 9.98. The number of carbonyl (C=O) groups is 2. The van der Waals surface area contributed by atoms with Gasteiger partial charge in [-0.25, -0.2) is 0 Å². The number of nitrogens with zero attached hydrogens (tertiary/aromatic N) is 2. The van der Waals surface area contributed by atoms with Gasteiger partial charge in [0, 0.05) is 17.5 Å². The van der Waals surface area contributed by atoms with Gasteiger partial charge in [-0.3, -0.25) is 19.4 Å². The van der Waals surface area contributed by atoms with Crippen LogP contribution in [0.4, 0.5) is 5.69 Å². The predicted molar refractivity (Wildman–Crippen MR) is 100 cm³/mol. The summed E-state index contributed by atoms with van der Waals surface area (Å²) in [7, 11) is 0. The number of anilines is 1. The van der Waals surface area contributed by atoms with Gasteiger partial charge in [-0.2, -0.15) is 0 Å². The van der Waals surface area contributed by atoms with Gasteiger partial charge in [0.25, 0.3) is 5.78 Å². The van der Waals surface area contributed by atoms with E-state index >= 15 is 0 Å². The Hall–Kier alpha value is -1.98. The summed E-state index contributed by atoms with van der Waals surface area (Å²) in [6.07, 6.45) is 2.88. The third-order valence-corrected chi connectivity index (χ3v) is 6.36. The van der Waals surface area contributed by atoms with Crippen LogP contribution < -0.4 is 4.90 Å². The van der Waals surface area contributed by atoms with Crippen molar-refractivity contribution < 1.29 is 9.59 Å². The maximum atomic E-state index is 12.6. The molecular weight excluding hydrogens is 332 g/mol. The summed E-state index contributed by atoms with van der Waals surface area (Å²) in [5.41, 5.74) is 3.80. The first-order valence-corrected chi connectivity index (χ1v) is 9.81. The second-order valence-electron chi connectivity index (χ2n) is 6.69. The molecule has 1 atom stereocenters. The highest BCUT2D eigenvalue weighted by molar-refractivity contribution is 7.10. The number of aryl methyl sites for hydroxylation is 1. The van der Waals surface area contributed by atoms with Gasteiger partial charge < -0.3 is 0 Å². The summed E-state index contributed by atoms with van der Waals surface area (Å²) < 4.78 is 0. The van der Waals surface area contributed by atoms with Crippen molar-refractivity contribution in [2.24, 2.45) is 0 Å². The van der Waals surface area contributed by atoms with E-state index in [-0.39, 0.29) is 5.78 Å². The molecule has 25 heavy (non-hydrogen) atoms. The molecule has 130 valence electrons. The minimum atomic E-state index is -0.394. The second-order valence-corrected chi connectivity index (χ2v) is 7.69. The number of amides is 1. The normalized spacial score (nSPS) is 20.1. The van der Waals surface area contributed by atoms with Gasteiger partial charge >= 0.3 is 5.91 Å². The summed E-state index contributed by atoms with van der Waals surface area (Å²) in [6, 6.07) is 8.34. The van der Waals surface area contributed by atoms with E-state index in [0.717, 1.165) is 37.1 Å². The highest BCUT2D eigenvalue weighted by atomic mass is 32.1. The van der Waals surface area contributed by atoms with Crippen LogP contribution in [0.15, 0.2) is 29.6 Å². The first-order chi connectivity index (χ1) is 12.1. The lowest BCUT2D eigenvalue weighted by Crippen LogP contribution is -2.45. The Morgan fingerprint density at radius 2 is 2.04 bits per heavy atom. The van der Waals surface area contributed by atoms with Crippen molar-refractivity contribution in [1.29, 1.82) is 0 Å². The van der Waals surface area contributed by atoms with Crippen molar-refractivity contribution in [3.8, 4) is 0 Å². The van der Waals surface area contributed by atoms with Crippen LogP contribution in [0.5, 0.6) is 0 Å². The van der Waals surface area contributed by atoms with Gasteiger partial charge in [0.1, 0.15) is 0 Å². The summed E-state index contributed by atoms with van der Waals surface area (Å²) >= 11 is 1.82. The van der Waals surface area contributed by atoms with Crippen molar-refractivity contribution >= 4 is 28.7 Å². The van der Waals surface area contributed by atoms with Crippen molar-refractivity contribution in [2.45, 2.75) is 39.2 Å². The van der Waals surface area contributed by atoms with Crippen LogP contribution >= 0.6 is 11.3 Å². The molecule has 4 nitrogen and oxygen atoms in total. The monoisotopic (exact) mass is 354 g/mol. The molecule has 0 spiro atoms. The van der Waals surface area contributed by atoms with Crippen LogP contribution in [0.3, 0.4) is 0 Å². The molecule has 1 aromatic heterocycles. The van der Waals surface area contributed by atoms with Crippen LogP contribution in [0.25, 0.3) is 0 Å². The van der Waals surface area contributed by atoms with Crippen LogP contribution in [0.1, 0.15) is 52.7 Å². The first-order valence-electron chi connectivity index (χ1n) is 8.93. The minimum Gasteiger partial charge on any atom is -0.291 e. The number of Topliss-reactive ketones (excluding diaryl/α,β-unsaturated/α-hetero) is 1. The molecule has 5 heteroatoms. The molecule has 0 N–H and O–H groups in total. The third kappa shape index (κ3) is 2.62. The average Bonchev–Trinajstić information content (AvgIpc) is 3.20. The van der Waals surface area contributed by atoms with E-state index in [0.29, 0.717) is 18.3 Å². The molecule has 1 amide bonds. The van der Waals surface area contributed by atoms with E-state index in [9.17, 15) is 9.59 Å². The second kappa shape index (κ2) is 6.39. The van der Waals surface area contributed by atoms with E-state index in [4.69, 9.17) is 0 Å². The molecule has 0 saturated heterocycles. The van der Waals surface area contributed by atoms with Crippen molar-refractivity contribution in [1.82, 2.24) is 4.90 Å².